The predicted molar refractivity (Wildman–Crippen MR) is 113 cm³/mol. The van der Waals surface area contributed by atoms with Crippen molar-refractivity contribution in [1.82, 2.24) is 14.5 Å². The highest BCUT2D eigenvalue weighted by Gasteiger charge is 2.38. The van der Waals surface area contributed by atoms with E-state index in [2.05, 4.69) is 19.2 Å². The molecule has 0 aromatic heterocycles. The van der Waals surface area contributed by atoms with Crippen LogP contribution in [-0.4, -0.2) is 80.1 Å². The summed E-state index contributed by atoms with van der Waals surface area (Å²) in [6.07, 6.45) is -4.36. The first-order valence-electron chi connectivity index (χ1n) is 10.1. The standard InChI is InChI=1S/C18H29N3O3S.C2HF3O2/c1-15(2)8-11-21(14-18(22)20-12-9-19-10-13-20)25(23,24)17-7-5-4-6-16(17)3;3-2(4,5)1(6)7/h4-7,15,19H,8-14H2,1-3H3;(H,6,7). The highest BCUT2D eigenvalue weighted by molar-refractivity contribution is 7.89. The van der Waals surface area contributed by atoms with Crippen molar-refractivity contribution in [2.45, 2.75) is 38.3 Å². The van der Waals surface area contributed by atoms with E-state index in [0.29, 0.717) is 31.1 Å². The Hall–Kier alpha value is -2.18. The van der Waals surface area contributed by atoms with Gasteiger partial charge in [0.05, 0.1) is 11.4 Å². The van der Waals surface area contributed by atoms with Crippen LogP contribution in [0.3, 0.4) is 0 Å². The lowest BCUT2D eigenvalue weighted by Crippen LogP contribution is -2.50. The Morgan fingerprint density at radius 1 is 1.19 bits per heavy atom. The number of aliphatic carboxylic acids is 1. The largest absolute Gasteiger partial charge is 0.490 e. The Bertz CT molecular complexity index is 869. The lowest BCUT2D eigenvalue weighted by molar-refractivity contribution is -0.192. The number of hydrogen-bond acceptors (Lipinski definition) is 5. The Labute approximate surface area is 186 Å². The highest BCUT2D eigenvalue weighted by atomic mass is 32.2. The predicted octanol–water partition coefficient (Wildman–Crippen LogP) is 2.10. The van der Waals surface area contributed by atoms with Gasteiger partial charge >= 0.3 is 12.1 Å². The molecule has 1 aromatic carbocycles. The third-order valence-electron chi connectivity index (χ3n) is 4.69. The molecule has 32 heavy (non-hydrogen) atoms. The maximum atomic E-state index is 13.1. The average molecular weight is 482 g/mol. The molecule has 0 unspecified atom stereocenters. The summed E-state index contributed by atoms with van der Waals surface area (Å²) in [5.74, 6) is -2.52. The highest BCUT2D eigenvalue weighted by Crippen LogP contribution is 2.21. The molecule has 1 aliphatic heterocycles. The number of amides is 1. The van der Waals surface area contributed by atoms with Crippen molar-refractivity contribution < 1.29 is 36.3 Å². The van der Waals surface area contributed by atoms with Crippen molar-refractivity contribution in [3.63, 3.8) is 0 Å². The van der Waals surface area contributed by atoms with Crippen LogP contribution < -0.4 is 5.32 Å². The zero-order valence-corrected chi connectivity index (χ0v) is 19.2. The Balaban J connectivity index is 0.000000633. The number of carboxylic acids is 1. The van der Waals surface area contributed by atoms with E-state index in [9.17, 15) is 26.4 Å². The van der Waals surface area contributed by atoms with E-state index in [0.717, 1.165) is 19.5 Å². The second-order valence-electron chi connectivity index (χ2n) is 7.72. The minimum Gasteiger partial charge on any atom is -0.475 e. The number of halogens is 3. The molecule has 1 saturated heterocycles. The molecule has 182 valence electrons. The molecule has 1 aromatic rings. The van der Waals surface area contributed by atoms with Crippen molar-refractivity contribution in [2.75, 3.05) is 39.3 Å². The smallest absolute Gasteiger partial charge is 0.475 e. The van der Waals surface area contributed by atoms with Crippen LogP contribution in [0.2, 0.25) is 0 Å². The normalized spacial score (nSPS) is 14.8. The van der Waals surface area contributed by atoms with Crippen molar-refractivity contribution in [3.05, 3.63) is 29.8 Å². The first-order chi connectivity index (χ1) is 14.8. The van der Waals surface area contributed by atoms with Crippen LogP contribution in [0.15, 0.2) is 29.2 Å². The first kappa shape index (κ1) is 27.9. The van der Waals surface area contributed by atoms with Crippen molar-refractivity contribution in [2.24, 2.45) is 5.92 Å². The number of rotatable bonds is 7. The maximum Gasteiger partial charge on any atom is 0.490 e. The maximum absolute atomic E-state index is 13.1. The number of alkyl halides is 3. The first-order valence-corrected chi connectivity index (χ1v) is 11.5. The number of nitrogens with zero attached hydrogens (tertiary/aromatic N) is 2. The summed E-state index contributed by atoms with van der Waals surface area (Å²) in [5, 5.41) is 10.3. The molecule has 0 atom stereocenters. The molecule has 8 nitrogen and oxygen atoms in total. The molecule has 2 N–H and O–H groups in total. The minimum absolute atomic E-state index is 0.0939. The number of sulfonamides is 1. The monoisotopic (exact) mass is 481 g/mol. The van der Waals surface area contributed by atoms with E-state index in [4.69, 9.17) is 9.90 Å². The summed E-state index contributed by atoms with van der Waals surface area (Å²) in [4.78, 5) is 23.5. The summed E-state index contributed by atoms with van der Waals surface area (Å²) in [6.45, 7) is 8.90. The number of nitrogens with one attached hydrogen (secondary N) is 1. The van der Waals surface area contributed by atoms with Crippen molar-refractivity contribution >= 4 is 21.9 Å². The second-order valence-corrected chi connectivity index (χ2v) is 9.63. The molecular formula is C20H30F3N3O5S. The van der Waals surface area contributed by atoms with Gasteiger partial charge in [-0.15, -0.1) is 0 Å². The van der Waals surface area contributed by atoms with E-state index in [1.807, 2.05) is 6.07 Å². The van der Waals surface area contributed by atoms with Gasteiger partial charge in [-0.3, -0.25) is 4.79 Å². The Kier molecular flexibility index (Phi) is 10.6. The molecule has 0 spiro atoms. The van der Waals surface area contributed by atoms with Crippen LogP contribution in [0.25, 0.3) is 0 Å². The molecule has 1 amide bonds. The van der Waals surface area contributed by atoms with Gasteiger partial charge in [0.25, 0.3) is 0 Å². The van der Waals surface area contributed by atoms with Gasteiger partial charge in [-0.2, -0.15) is 17.5 Å². The molecule has 0 aliphatic carbocycles. The lowest BCUT2D eigenvalue weighted by atomic mass is 10.1. The second kappa shape index (κ2) is 12.2. The van der Waals surface area contributed by atoms with Gasteiger partial charge in [-0.05, 0) is 30.9 Å². The van der Waals surface area contributed by atoms with Crippen molar-refractivity contribution in [3.8, 4) is 0 Å². The molecule has 0 radical (unpaired) electrons. The summed E-state index contributed by atoms with van der Waals surface area (Å²) >= 11 is 0. The number of benzene rings is 1. The third-order valence-corrected chi connectivity index (χ3v) is 6.70. The SMILES string of the molecule is Cc1ccccc1S(=O)(=O)N(CCC(C)C)CC(=O)N1CCNCC1.O=C(O)C(F)(F)F. The van der Waals surface area contributed by atoms with Gasteiger partial charge in [0.2, 0.25) is 15.9 Å². The van der Waals surface area contributed by atoms with Crippen LogP contribution >= 0.6 is 0 Å². The van der Waals surface area contributed by atoms with E-state index < -0.39 is 22.2 Å². The molecule has 1 heterocycles. The summed E-state index contributed by atoms with van der Waals surface area (Å²) in [5.41, 5.74) is 0.701. The third kappa shape index (κ3) is 8.75. The lowest BCUT2D eigenvalue weighted by Gasteiger charge is -2.30. The fraction of sp³-hybridized carbons (Fsp3) is 0.600. The number of aryl methyl sites for hydroxylation is 1. The van der Waals surface area contributed by atoms with Crippen LogP contribution in [0, 0.1) is 12.8 Å². The van der Waals surface area contributed by atoms with E-state index in [1.165, 1.54) is 4.31 Å². The quantitative estimate of drug-likeness (QED) is 0.618. The summed E-state index contributed by atoms with van der Waals surface area (Å²) in [6, 6.07) is 6.94. The summed E-state index contributed by atoms with van der Waals surface area (Å²) in [7, 11) is -3.69. The fourth-order valence-corrected chi connectivity index (χ4v) is 4.47. The van der Waals surface area contributed by atoms with E-state index >= 15 is 0 Å². The Morgan fingerprint density at radius 2 is 1.72 bits per heavy atom. The van der Waals surface area contributed by atoms with E-state index in [-0.39, 0.29) is 17.3 Å². The Morgan fingerprint density at radius 3 is 2.19 bits per heavy atom. The number of carbonyl (C=O) groups is 2. The van der Waals surface area contributed by atoms with Crippen LogP contribution in [0.1, 0.15) is 25.8 Å². The van der Waals surface area contributed by atoms with Crippen LogP contribution in [0.4, 0.5) is 13.2 Å². The van der Waals surface area contributed by atoms with Crippen LogP contribution in [0.5, 0.6) is 0 Å². The number of carbonyl (C=O) groups excluding carboxylic acids is 1. The van der Waals surface area contributed by atoms with Gasteiger partial charge < -0.3 is 15.3 Å². The van der Waals surface area contributed by atoms with Gasteiger partial charge in [0.1, 0.15) is 0 Å². The van der Waals surface area contributed by atoms with Crippen LogP contribution in [-0.2, 0) is 19.6 Å². The zero-order chi connectivity index (χ0) is 24.5. The van der Waals surface area contributed by atoms with Crippen molar-refractivity contribution in [1.29, 1.82) is 0 Å². The molecule has 12 heteroatoms. The van der Waals surface area contributed by atoms with Gasteiger partial charge in [0, 0.05) is 32.7 Å². The van der Waals surface area contributed by atoms with E-state index in [1.54, 1.807) is 30.0 Å². The molecule has 0 saturated carbocycles. The number of hydrogen-bond donors (Lipinski definition) is 2. The number of carboxylic acid groups (broad SMARTS) is 1. The molecule has 1 aliphatic rings. The minimum atomic E-state index is -5.08. The number of piperazine rings is 1. The topological polar surface area (TPSA) is 107 Å². The fourth-order valence-electron chi connectivity index (χ4n) is 2.84. The molecule has 0 bridgehead atoms. The molecule has 2 rings (SSSR count). The average Bonchev–Trinajstić information content (AvgIpc) is 2.71. The zero-order valence-electron chi connectivity index (χ0n) is 18.4. The molecular weight excluding hydrogens is 451 g/mol. The summed E-state index contributed by atoms with van der Waals surface area (Å²) < 4.78 is 59.3. The van der Waals surface area contributed by atoms with Gasteiger partial charge in [-0.1, -0.05) is 32.0 Å². The van der Waals surface area contributed by atoms with Gasteiger partial charge in [-0.25, -0.2) is 13.2 Å². The molecule has 1 fully saturated rings. The van der Waals surface area contributed by atoms with Gasteiger partial charge in [0.15, 0.2) is 0 Å².